The molecule has 4 rings (SSSR count). The van der Waals surface area contributed by atoms with Gasteiger partial charge in [-0.05, 0) is 35.9 Å². The first-order chi connectivity index (χ1) is 12.1. The number of hydrogen-bond acceptors (Lipinski definition) is 4. The van der Waals surface area contributed by atoms with E-state index in [1.807, 2.05) is 42.5 Å². The molecule has 2 aromatic carbocycles. The van der Waals surface area contributed by atoms with E-state index in [4.69, 9.17) is 16.3 Å². The number of nitrogens with zero attached hydrogens (tertiary/aromatic N) is 1. The number of nitrogens with one attached hydrogen (secondary N) is 2. The smallest absolute Gasteiger partial charge is 0.251 e. The zero-order chi connectivity index (χ0) is 17.4. The summed E-state index contributed by atoms with van der Waals surface area (Å²) in [5, 5.41) is 7.57. The number of rotatable bonds is 4. The van der Waals surface area contributed by atoms with Crippen molar-refractivity contribution in [2.75, 3.05) is 12.4 Å². The minimum Gasteiger partial charge on any atom is -0.497 e. The monoisotopic (exact) mass is 353 g/mol. The zero-order valence-electron chi connectivity index (χ0n) is 13.6. The van der Waals surface area contributed by atoms with Crippen LogP contribution in [0.5, 0.6) is 5.75 Å². The fraction of sp³-hybridized carbons (Fsp3) is 0.158. The molecular formula is C19H16ClN3O2. The Bertz CT molecular complexity index is 988. The summed E-state index contributed by atoms with van der Waals surface area (Å²) in [5.74, 6) is 0.719. The summed E-state index contributed by atoms with van der Waals surface area (Å²) in [6.45, 7) is 1.12. The average Bonchev–Trinajstić information content (AvgIpc) is 3.00. The van der Waals surface area contributed by atoms with Gasteiger partial charge in [0.2, 0.25) is 0 Å². The summed E-state index contributed by atoms with van der Waals surface area (Å²) >= 11 is 6.33. The molecular weight excluding hydrogens is 338 g/mol. The number of methoxy groups -OCH3 is 1. The molecule has 6 heteroatoms. The van der Waals surface area contributed by atoms with Crippen LogP contribution in [0.1, 0.15) is 21.5 Å². The molecule has 0 saturated heterocycles. The Hall–Kier alpha value is -2.79. The molecule has 0 unspecified atom stereocenters. The van der Waals surface area contributed by atoms with E-state index in [0.29, 0.717) is 18.2 Å². The second kappa shape index (κ2) is 6.26. The van der Waals surface area contributed by atoms with Gasteiger partial charge in [-0.3, -0.25) is 4.79 Å². The number of ether oxygens (including phenoxy) is 1. The molecule has 0 radical (unpaired) electrons. The van der Waals surface area contributed by atoms with Gasteiger partial charge in [0.15, 0.2) is 0 Å². The zero-order valence-corrected chi connectivity index (χ0v) is 14.4. The molecule has 126 valence electrons. The molecule has 1 amide bonds. The first-order valence-electron chi connectivity index (χ1n) is 7.92. The molecule has 0 aliphatic carbocycles. The van der Waals surface area contributed by atoms with Crippen LogP contribution < -0.4 is 15.4 Å². The first-order valence-corrected chi connectivity index (χ1v) is 8.30. The van der Waals surface area contributed by atoms with E-state index in [1.54, 1.807) is 7.11 Å². The van der Waals surface area contributed by atoms with Gasteiger partial charge in [0.25, 0.3) is 5.91 Å². The Kier molecular flexibility index (Phi) is 3.93. The molecule has 0 fully saturated rings. The van der Waals surface area contributed by atoms with Gasteiger partial charge in [-0.1, -0.05) is 17.7 Å². The summed E-state index contributed by atoms with van der Waals surface area (Å²) < 4.78 is 5.21. The molecule has 0 bridgehead atoms. The molecule has 0 saturated carbocycles. The van der Waals surface area contributed by atoms with Crippen LogP contribution >= 0.6 is 11.6 Å². The predicted octanol–water partition coefficient (Wildman–Crippen LogP) is 3.75. The lowest BCUT2D eigenvalue weighted by Gasteiger charge is -2.10. The number of hydrogen-bond donors (Lipinski definition) is 2. The Labute approximate surface area is 150 Å². The Balaban J connectivity index is 1.58. The summed E-state index contributed by atoms with van der Waals surface area (Å²) in [7, 11) is 1.62. The molecule has 5 nitrogen and oxygen atoms in total. The van der Waals surface area contributed by atoms with Crippen molar-refractivity contribution < 1.29 is 9.53 Å². The van der Waals surface area contributed by atoms with Gasteiger partial charge < -0.3 is 15.4 Å². The highest BCUT2D eigenvalue weighted by molar-refractivity contribution is 6.30. The number of carbonyl (C=O) groups is 1. The van der Waals surface area contributed by atoms with Crippen LogP contribution in [0.2, 0.25) is 5.15 Å². The maximum atomic E-state index is 11.8. The maximum Gasteiger partial charge on any atom is 0.251 e. The molecule has 3 aromatic rings. The van der Waals surface area contributed by atoms with Crippen LogP contribution in [0.3, 0.4) is 0 Å². The van der Waals surface area contributed by atoms with Crippen molar-refractivity contribution in [2.45, 2.75) is 13.1 Å². The summed E-state index contributed by atoms with van der Waals surface area (Å²) in [6, 6.07) is 13.5. The minimum absolute atomic E-state index is 0.0296. The van der Waals surface area contributed by atoms with E-state index in [-0.39, 0.29) is 5.91 Å². The SMILES string of the molecule is COc1ccc2cc(CNc3ccc4c(c3)C(=O)NC4)c(Cl)nc2c1. The number of carbonyl (C=O) groups excluding carboxylic acids is 1. The third-order valence-corrected chi connectivity index (χ3v) is 4.66. The van der Waals surface area contributed by atoms with Crippen molar-refractivity contribution in [1.29, 1.82) is 0 Å². The highest BCUT2D eigenvalue weighted by Gasteiger charge is 2.18. The molecule has 2 heterocycles. The molecule has 2 N–H and O–H groups in total. The van der Waals surface area contributed by atoms with Crippen molar-refractivity contribution in [3.05, 3.63) is 64.3 Å². The van der Waals surface area contributed by atoms with Crippen LogP contribution in [0.15, 0.2) is 42.5 Å². The fourth-order valence-corrected chi connectivity index (χ4v) is 3.15. The lowest BCUT2D eigenvalue weighted by Crippen LogP contribution is -2.12. The van der Waals surface area contributed by atoms with Crippen molar-refractivity contribution in [1.82, 2.24) is 10.3 Å². The third-order valence-electron chi connectivity index (χ3n) is 4.33. The summed E-state index contributed by atoms with van der Waals surface area (Å²) in [6.07, 6.45) is 0. The van der Waals surface area contributed by atoms with Crippen molar-refractivity contribution >= 4 is 34.1 Å². The van der Waals surface area contributed by atoms with Crippen molar-refractivity contribution in [3.8, 4) is 5.75 Å². The number of aromatic nitrogens is 1. The van der Waals surface area contributed by atoms with Crippen LogP contribution in [0.25, 0.3) is 10.9 Å². The summed E-state index contributed by atoms with van der Waals surface area (Å²) in [4.78, 5) is 16.2. The molecule has 25 heavy (non-hydrogen) atoms. The summed E-state index contributed by atoms with van der Waals surface area (Å²) in [5.41, 5.74) is 4.31. The highest BCUT2D eigenvalue weighted by Crippen LogP contribution is 2.26. The largest absolute Gasteiger partial charge is 0.497 e. The number of pyridine rings is 1. The van der Waals surface area contributed by atoms with Gasteiger partial charge in [0.05, 0.1) is 12.6 Å². The number of benzene rings is 2. The van der Waals surface area contributed by atoms with E-state index < -0.39 is 0 Å². The van der Waals surface area contributed by atoms with Gasteiger partial charge in [-0.25, -0.2) is 4.98 Å². The Morgan fingerprint density at radius 1 is 1.24 bits per heavy atom. The van der Waals surface area contributed by atoms with Crippen LogP contribution in [0, 0.1) is 0 Å². The normalized spacial score (nSPS) is 12.8. The van der Waals surface area contributed by atoms with Crippen molar-refractivity contribution in [2.24, 2.45) is 0 Å². The first kappa shape index (κ1) is 15.7. The molecule has 0 spiro atoms. The second-order valence-electron chi connectivity index (χ2n) is 5.91. The molecule has 1 aliphatic rings. The molecule has 1 aliphatic heterocycles. The quantitative estimate of drug-likeness (QED) is 0.701. The molecule has 1 aromatic heterocycles. The molecule has 0 atom stereocenters. The van der Waals surface area contributed by atoms with Crippen molar-refractivity contribution in [3.63, 3.8) is 0 Å². The maximum absolute atomic E-state index is 11.8. The van der Waals surface area contributed by atoms with E-state index in [0.717, 1.165) is 39.0 Å². The van der Waals surface area contributed by atoms with E-state index >= 15 is 0 Å². The third kappa shape index (κ3) is 2.98. The Morgan fingerprint density at radius 2 is 2.12 bits per heavy atom. The lowest BCUT2D eigenvalue weighted by atomic mass is 10.1. The standard InChI is InChI=1S/C19H16ClN3O2/c1-25-15-5-3-11-6-13(18(20)23-17(11)8-15)10-21-14-4-2-12-9-22-19(24)16(12)7-14/h2-8,21H,9-10H2,1H3,(H,22,24). The van der Waals surface area contributed by atoms with Crippen LogP contribution in [-0.2, 0) is 13.1 Å². The Morgan fingerprint density at radius 3 is 2.96 bits per heavy atom. The van der Waals surface area contributed by atoms with E-state index in [1.165, 1.54) is 0 Å². The number of halogens is 1. The predicted molar refractivity (Wildman–Crippen MR) is 98.2 cm³/mol. The minimum atomic E-state index is -0.0296. The number of fused-ring (bicyclic) bond motifs is 2. The van der Waals surface area contributed by atoms with Gasteiger partial charge in [0.1, 0.15) is 10.9 Å². The van der Waals surface area contributed by atoms with Crippen LogP contribution in [-0.4, -0.2) is 18.0 Å². The number of anilines is 1. The van der Waals surface area contributed by atoms with Gasteiger partial charge in [-0.2, -0.15) is 0 Å². The van der Waals surface area contributed by atoms with E-state index in [9.17, 15) is 4.79 Å². The van der Waals surface area contributed by atoms with Gasteiger partial charge >= 0.3 is 0 Å². The fourth-order valence-electron chi connectivity index (χ4n) is 2.94. The average molecular weight is 354 g/mol. The number of amides is 1. The highest BCUT2D eigenvalue weighted by atomic mass is 35.5. The lowest BCUT2D eigenvalue weighted by molar-refractivity contribution is 0.0966. The van der Waals surface area contributed by atoms with E-state index in [2.05, 4.69) is 15.6 Å². The van der Waals surface area contributed by atoms with Gasteiger partial charge in [0, 0.05) is 41.4 Å². The topological polar surface area (TPSA) is 63.2 Å². The van der Waals surface area contributed by atoms with Crippen LogP contribution in [0.4, 0.5) is 5.69 Å². The van der Waals surface area contributed by atoms with Gasteiger partial charge in [-0.15, -0.1) is 0 Å². The second-order valence-corrected chi connectivity index (χ2v) is 6.26.